The SMILES string of the molecule is O=C(O)c1ccc2ccn(Cc3cc(F)cc(Br)c3)c2c1. The van der Waals surface area contributed by atoms with Crippen LogP contribution in [0.1, 0.15) is 15.9 Å². The van der Waals surface area contributed by atoms with E-state index in [1.54, 1.807) is 18.2 Å². The van der Waals surface area contributed by atoms with Gasteiger partial charge < -0.3 is 9.67 Å². The molecule has 0 spiro atoms. The lowest BCUT2D eigenvalue weighted by Crippen LogP contribution is -2.00. The van der Waals surface area contributed by atoms with Crippen molar-refractivity contribution in [2.24, 2.45) is 0 Å². The molecule has 0 aliphatic rings. The fourth-order valence-corrected chi connectivity index (χ4v) is 2.87. The molecule has 0 radical (unpaired) electrons. The van der Waals surface area contributed by atoms with E-state index >= 15 is 0 Å². The fraction of sp³-hybridized carbons (Fsp3) is 0.0625. The number of hydrogen-bond donors (Lipinski definition) is 1. The standard InChI is InChI=1S/C16H11BrFNO2/c17-13-5-10(6-14(18)8-13)9-19-4-3-11-1-2-12(16(20)21)7-15(11)19/h1-8H,9H2,(H,20,21). The van der Waals surface area contributed by atoms with Crippen LogP contribution >= 0.6 is 15.9 Å². The number of fused-ring (bicyclic) bond motifs is 1. The van der Waals surface area contributed by atoms with E-state index in [0.717, 1.165) is 16.5 Å². The molecule has 0 fully saturated rings. The molecule has 1 aromatic heterocycles. The molecule has 21 heavy (non-hydrogen) atoms. The summed E-state index contributed by atoms with van der Waals surface area (Å²) in [6, 6.07) is 11.6. The van der Waals surface area contributed by atoms with Gasteiger partial charge in [-0.3, -0.25) is 0 Å². The largest absolute Gasteiger partial charge is 0.478 e. The van der Waals surface area contributed by atoms with Gasteiger partial charge in [0.2, 0.25) is 0 Å². The minimum absolute atomic E-state index is 0.239. The van der Waals surface area contributed by atoms with Crippen molar-refractivity contribution in [1.82, 2.24) is 4.57 Å². The summed E-state index contributed by atoms with van der Waals surface area (Å²) >= 11 is 3.27. The summed E-state index contributed by atoms with van der Waals surface area (Å²) < 4.78 is 16.0. The molecule has 0 unspecified atom stereocenters. The average molecular weight is 348 g/mol. The summed E-state index contributed by atoms with van der Waals surface area (Å²) in [6.07, 6.45) is 1.87. The first kappa shape index (κ1) is 13.8. The van der Waals surface area contributed by atoms with Gasteiger partial charge in [0, 0.05) is 22.7 Å². The molecule has 0 saturated carbocycles. The molecule has 0 saturated heterocycles. The quantitative estimate of drug-likeness (QED) is 0.767. The van der Waals surface area contributed by atoms with Crippen LogP contribution in [0.2, 0.25) is 0 Å². The van der Waals surface area contributed by atoms with Crippen molar-refractivity contribution in [3.63, 3.8) is 0 Å². The summed E-state index contributed by atoms with van der Waals surface area (Å²) in [5.74, 6) is -1.26. The molecule has 3 nitrogen and oxygen atoms in total. The zero-order valence-electron chi connectivity index (χ0n) is 10.9. The first-order valence-corrected chi connectivity index (χ1v) is 7.09. The van der Waals surface area contributed by atoms with Crippen LogP contribution in [0, 0.1) is 5.82 Å². The van der Waals surface area contributed by atoms with E-state index in [9.17, 15) is 9.18 Å². The summed E-state index contributed by atoms with van der Waals surface area (Å²) in [6.45, 7) is 0.475. The van der Waals surface area contributed by atoms with Crippen LogP contribution in [0.25, 0.3) is 10.9 Å². The normalized spacial score (nSPS) is 11.0. The Morgan fingerprint density at radius 3 is 2.71 bits per heavy atom. The second kappa shape index (κ2) is 5.33. The van der Waals surface area contributed by atoms with Gasteiger partial charge in [0.15, 0.2) is 0 Å². The second-order valence-electron chi connectivity index (χ2n) is 4.80. The minimum atomic E-state index is -0.960. The fourth-order valence-electron chi connectivity index (χ4n) is 2.35. The third kappa shape index (κ3) is 2.83. The van der Waals surface area contributed by atoms with Crippen molar-refractivity contribution in [1.29, 1.82) is 0 Å². The Morgan fingerprint density at radius 2 is 2.00 bits per heavy atom. The van der Waals surface area contributed by atoms with E-state index in [0.29, 0.717) is 11.0 Å². The third-order valence-electron chi connectivity index (χ3n) is 3.30. The first-order valence-electron chi connectivity index (χ1n) is 6.30. The molecule has 0 bridgehead atoms. The Kier molecular flexibility index (Phi) is 3.51. The molecule has 0 aliphatic heterocycles. The summed E-state index contributed by atoms with van der Waals surface area (Å²) in [7, 11) is 0. The Morgan fingerprint density at radius 1 is 1.19 bits per heavy atom. The van der Waals surface area contributed by atoms with Crippen LogP contribution in [0.5, 0.6) is 0 Å². The number of rotatable bonds is 3. The van der Waals surface area contributed by atoms with Gasteiger partial charge in [-0.2, -0.15) is 0 Å². The maximum atomic E-state index is 13.4. The molecule has 3 rings (SSSR count). The van der Waals surface area contributed by atoms with Gasteiger partial charge in [-0.25, -0.2) is 9.18 Å². The first-order chi connectivity index (χ1) is 10.0. The number of carboxylic acid groups (broad SMARTS) is 1. The van der Waals surface area contributed by atoms with Gasteiger partial charge in [0.25, 0.3) is 0 Å². The number of halogens is 2. The molecular weight excluding hydrogens is 337 g/mol. The van der Waals surface area contributed by atoms with Crippen molar-refractivity contribution in [3.05, 3.63) is 70.1 Å². The number of aromatic nitrogens is 1. The lowest BCUT2D eigenvalue weighted by atomic mass is 10.1. The van der Waals surface area contributed by atoms with Gasteiger partial charge in [-0.05, 0) is 47.3 Å². The van der Waals surface area contributed by atoms with Crippen LogP contribution in [-0.2, 0) is 6.54 Å². The highest BCUT2D eigenvalue weighted by atomic mass is 79.9. The lowest BCUT2D eigenvalue weighted by Gasteiger charge is -2.07. The van der Waals surface area contributed by atoms with Gasteiger partial charge in [-0.15, -0.1) is 0 Å². The van der Waals surface area contributed by atoms with Crippen LogP contribution in [0.3, 0.4) is 0 Å². The van der Waals surface area contributed by atoms with Crippen LogP contribution < -0.4 is 0 Å². The number of hydrogen-bond acceptors (Lipinski definition) is 1. The van der Waals surface area contributed by atoms with E-state index < -0.39 is 5.97 Å². The average Bonchev–Trinajstić information content (AvgIpc) is 2.80. The highest BCUT2D eigenvalue weighted by Gasteiger charge is 2.08. The molecule has 3 aromatic rings. The smallest absolute Gasteiger partial charge is 0.335 e. The summed E-state index contributed by atoms with van der Waals surface area (Å²) in [5.41, 5.74) is 1.86. The Balaban J connectivity index is 2.03. The van der Waals surface area contributed by atoms with E-state index in [4.69, 9.17) is 5.11 Å². The summed E-state index contributed by atoms with van der Waals surface area (Å²) in [5, 5.41) is 10.0. The van der Waals surface area contributed by atoms with E-state index in [1.165, 1.54) is 12.1 Å². The Bertz CT molecular complexity index is 821. The molecule has 2 aromatic carbocycles. The number of benzene rings is 2. The van der Waals surface area contributed by atoms with Crippen molar-refractivity contribution in [3.8, 4) is 0 Å². The molecule has 0 amide bonds. The maximum absolute atomic E-state index is 13.4. The number of aromatic carboxylic acids is 1. The lowest BCUT2D eigenvalue weighted by molar-refractivity contribution is 0.0697. The summed E-state index contributed by atoms with van der Waals surface area (Å²) in [4.78, 5) is 11.1. The predicted octanol–water partition coefficient (Wildman–Crippen LogP) is 4.29. The van der Waals surface area contributed by atoms with Gasteiger partial charge in [-0.1, -0.05) is 22.0 Å². The van der Waals surface area contributed by atoms with Crippen molar-refractivity contribution in [2.45, 2.75) is 6.54 Å². The molecule has 106 valence electrons. The van der Waals surface area contributed by atoms with Crippen molar-refractivity contribution >= 4 is 32.8 Å². The number of carbonyl (C=O) groups is 1. The molecule has 0 aliphatic carbocycles. The van der Waals surface area contributed by atoms with Crippen LogP contribution in [-0.4, -0.2) is 15.6 Å². The van der Waals surface area contributed by atoms with Crippen LogP contribution in [0.4, 0.5) is 4.39 Å². The van der Waals surface area contributed by atoms with Gasteiger partial charge in [0.1, 0.15) is 5.82 Å². The molecule has 5 heteroatoms. The highest BCUT2D eigenvalue weighted by Crippen LogP contribution is 2.21. The highest BCUT2D eigenvalue weighted by molar-refractivity contribution is 9.10. The second-order valence-corrected chi connectivity index (χ2v) is 5.72. The van der Waals surface area contributed by atoms with Gasteiger partial charge >= 0.3 is 5.97 Å². The zero-order valence-corrected chi connectivity index (χ0v) is 12.5. The number of nitrogens with zero attached hydrogens (tertiary/aromatic N) is 1. The van der Waals surface area contributed by atoms with Crippen molar-refractivity contribution in [2.75, 3.05) is 0 Å². The van der Waals surface area contributed by atoms with Crippen molar-refractivity contribution < 1.29 is 14.3 Å². The Hall–Kier alpha value is -2.14. The molecular formula is C16H11BrFNO2. The molecule has 0 atom stereocenters. The topological polar surface area (TPSA) is 42.2 Å². The number of carboxylic acids is 1. The minimum Gasteiger partial charge on any atom is -0.478 e. The van der Waals surface area contributed by atoms with Gasteiger partial charge in [0.05, 0.1) is 5.56 Å². The monoisotopic (exact) mass is 347 g/mol. The van der Waals surface area contributed by atoms with E-state index in [1.807, 2.05) is 22.9 Å². The Labute approximate surface area is 128 Å². The van der Waals surface area contributed by atoms with E-state index in [2.05, 4.69) is 15.9 Å². The maximum Gasteiger partial charge on any atom is 0.335 e. The molecule has 1 heterocycles. The van der Waals surface area contributed by atoms with E-state index in [-0.39, 0.29) is 11.4 Å². The molecule has 1 N–H and O–H groups in total. The van der Waals surface area contributed by atoms with Crippen LogP contribution in [0.15, 0.2) is 53.1 Å². The third-order valence-corrected chi connectivity index (χ3v) is 3.75. The predicted molar refractivity (Wildman–Crippen MR) is 82.1 cm³/mol. The zero-order chi connectivity index (χ0) is 15.0.